The van der Waals surface area contributed by atoms with E-state index in [4.69, 9.17) is 14.6 Å². The Kier molecular flexibility index (Phi) is 13.6. The lowest BCUT2D eigenvalue weighted by Gasteiger charge is -2.46. The molecule has 2 heterocycles. The van der Waals surface area contributed by atoms with Gasteiger partial charge in [0, 0.05) is 25.7 Å². The number of rotatable bonds is 14. The minimum Gasteiger partial charge on any atom is -0.380 e. The van der Waals surface area contributed by atoms with E-state index in [1.807, 2.05) is 0 Å². The summed E-state index contributed by atoms with van der Waals surface area (Å²) in [4.78, 5) is 13.9. The molecule has 0 spiro atoms. The molecule has 3 aliphatic carbocycles. The van der Waals surface area contributed by atoms with Crippen molar-refractivity contribution in [1.29, 1.82) is 0 Å². The number of azo groups is 1. The highest BCUT2D eigenvalue weighted by Crippen LogP contribution is 2.43. The summed E-state index contributed by atoms with van der Waals surface area (Å²) in [5.74, 6) is 2.63. The largest absolute Gasteiger partial charge is 0.380 e. The number of nitrogens with one attached hydrogen (secondary N) is 5. The molecule has 0 aromatic heterocycles. The lowest BCUT2D eigenvalue weighted by molar-refractivity contribution is -0.129. The Labute approximate surface area is 292 Å². The summed E-state index contributed by atoms with van der Waals surface area (Å²) in [6.07, 6.45) is 7.20. The molecule has 12 unspecified atom stereocenters. The van der Waals surface area contributed by atoms with Crippen LogP contribution in [0.1, 0.15) is 92.4 Å². The SMILES string of the molecule is COC1CCCCC1NCOC(N=NC1C(C)CC(CC2CC(C)C(NC3NC(O)NC(N4CC4S(=O)(=O)O)N3)C(C)C2)CC1C)C(C)=O. The minimum atomic E-state index is -4.16. The third kappa shape index (κ3) is 10.5. The molecule has 5 rings (SSSR count). The second-order valence-corrected chi connectivity index (χ2v) is 17.4. The molecule has 2 saturated heterocycles. The van der Waals surface area contributed by atoms with Crippen molar-refractivity contribution in [1.82, 2.24) is 31.5 Å². The van der Waals surface area contributed by atoms with Crippen LogP contribution in [0.15, 0.2) is 10.2 Å². The van der Waals surface area contributed by atoms with Gasteiger partial charge in [0.05, 0.1) is 12.1 Å². The smallest absolute Gasteiger partial charge is 0.282 e. The van der Waals surface area contributed by atoms with Gasteiger partial charge in [-0.25, -0.2) is 0 Å². The van der Waals surface area contributed by atoms with Crippen LogP contribution in [0.4, 0.5) is 0 Å². The van der Waals surface area contributed by atoms with E-state index in [1.165, 1.54) is 19.8 Å². The van der Waals surface area contributed by atoms with Crippen molar-refractivity contribution in [3.8, 4) is 0 Å². The molecule has 5 aliphatic rings. The fourth-order valence-electron chi connectivity index (χ4n) is 9.38. The molecular formula is C33H62N8O7S. The summed E-state index contributed by atoms with van der Waals surface area (Å²) in [6, 6.07) is 0.494. The maximum atomic E-state index is 12.4. The van der Waals surface area contributed by atoms with Gasteiger partial charge >= 0.3 is 0 Å². The summed E-state index contributed by atoms with van der Waals surface area (Å²) in [5.41, 5.74) is 0. The minimum absolute atomic E-state index is 0.0625. The van der Waals surface area contributed by atoms with Crippen molar-refractivity contribution in [3.05, 3.63) is 0 Å². The zero-order valence-electron chi connectivity index (χ0n) is 30.1. The van der Waals surface area contributed by atoms with E-state index in [0.717, 1.165) is 44.9 Å². The first kappa shape index (κ1) is 39.0. The molecule has 12 atom stereocenters. The predicted molar refractivity (Wildman–Crippen MR) is 184 cm³/mol. The maximum Gasteiger partial charge on any atom is 0.282 e. The molecule has 7 N–H and O–H groups in total. The van der Waals surface area contributed by atoms with Crippen molar-refractivity contribution in [2.45, 2.75) is 147 Å². The first-order valence-electron chi connectivity index (χ1n) is 18.5. The Hall–Kier alpha value is -1.18. The van der Waals surface area contributed by atoms with Crippen molar-refractivity contribution in [2.24, 2.45) is 45.7 Å². The summed E-state index contributed by atoms with van der Waals surface area (Å²) in [5, 5.41) is 34.8. The second-order valence-electron chi connectivity index (χ2n) is 15.8. The number of Topliss-reactive ketones (excluding diaryl/α,β-unsaturated/α-hetero) is 1. The number of methoxy groups -OCH3 is 1. The number of hydrogen-bond acceptors (Lipinski definition) is 14. The van der Waals surface area contributed by atoms with Crippen LogP contribution in [0.3, 0.4) is 0 Å². The van der Waals surface area contributed by atoms with E-state index in [0.29, 0.717) is 35.5 Å². The number of carbonyl (C=O) groups is 1. The van der Waals surface area contributed by atoms with Crippen LogP contribution in [0, 0.1) is 35.5 Å². The Morgan fingerprint density at radius 1 is 0.980 bits per heavy atom. The Balaban J connectivity index is 1.07. The van der Waals surface area contributed by atoms with E-state index in [-0.39, 0.29) is 43.3 Å². The van der Waals surface area contributed by atoms with Gasteiger partial charge in [0.25, 0.3) is 10.1 Å². The Morgan fingerprint density at radius 3 is 2.20 bits per heavy atom. The summed E-state index contributed by atoms with van der Waals surface area (Å²) in [6.45, 7) is 11.0. The maximum absolute atomic E-state index is 12.4. The van der Waals surface area contributed by atoms with Crippen LogP contribution in [-0.4, -0.2) is 104 Å². The molecular weight excluding hydrogens is 652 g/mol. The van der Waals surface area contributed by atoms with E-state index in [2.05, 4.69) is 59.4 Å². The highest BCUT2D eigenvalue weighted by molar-refractivity contribution is 7.86. The van der Waals surface area contributed by atoms with Gasteiger partial charge in [0.2, 0.25) is 6.23 Å². The van der Waals surface area contributed by atoms with Crippen molar-refractivity contribution >= 4 is 15.9 Å². The quantitative estimate of drug-likeness (QED) is 0.0599. The summed E-state index contributed by atoms with van der Waals surface area (Å²) in [7, 11) is -2.42. The third-order valence-electron chi connectivity index (χ3n) is 11.7. The fraction of sp³-hybridized carbons (Fsp3) is 0.970. The Bertz CT molecular complexity index is 1210. The van der Waals surface area contributed by atoms with Gasteiger partial charge in [0.15, 0.2) is 17.5 Å². The topological polar surface area (TPSA) is 198 Å². The molecule has 49 heavy (non-hydrogen) atoms. The van der Waals surface area contributed by atoms with Crippen LogP contribution < -0.4 is 26.6 Å². The number of ketones is 1. The van der Waals surface area contributed by atoms with E-state index in [9.17, 15) is 22.9 Å². The van der Waals surface area contributed by atoms with Gasteiger partial charge in [-0.2, -0.15) is 18.6 Å². The van der Waals surface area contributed by atoms with Crippen LogP contribution in [0.25, 0.3) is 0 Å². The van der Waals surface area contributed by atoms with E-state index < -0.39 is 40.7 Å². The molecule has 0 aromatic carbocycles. The molecule has 0 radical (unpaired) electrons. The lowest BCUT2D eigenvalue weighted by atomic mass is 9.66. The monoisotopic (exact) mass is 714 g/mol. The van der Waals surface area contributed by atoms with Crippen LogP contribution >= 0.6 is 0 Å². The Morgan fingerprint density at radius 2 is 1.61 bits per heavy atom. The van der Waals surface area contributed by atoms with Crippen LogP contribution in [0.2, 0.25) is 0 Å². The molecule has 0 aromatic rings. The molecule has 15 nitrogen and oxygen atoms in total. The van der Waals surface area contributed by atoms with Gasteiger partial charge < -0.3 is 14.6 Å². The van der Waals surface area contributed by atoms with Crippen LogP contribution in [0.5, 0.6) is 0 Å². The first-order chi connectivity index (χ1) is 23.2. The average Bonchev–Trinajstić information content (AvgIpc) is 3.84. The molecule has 3 saturated carbocycles. The van der Waals surface area contributed by atoms with Gasteiger partial charge in [-0.05, 0) is 87.4 Å². The van der Waals surface area contributed by atoms with Crippen molar-refractivity contribution < 1.29 is 32.3 Å². The van der Waals surface area contributed by atoms with E-state index >= 15 is 0 Å². The third-order valence-corrected chi connectivity index (χ3v) is 12.8. The molecule has 2 aliphatic heterocycles. The molecule has 5 fully saturated rings. The normalized spacial score (nSPS) is 44.1. The zero-order valence-corrected chi connectivity index (χ0v) is 30.9. The van der Waals surface area contributed by atoms with Gasteiger partial charge in [-0.3, -0.25) is 40.8 Å². The number of aliphatic hydroxyl groups is 1. The van der Waals surface area contributed by atoms with E-state index in [1.54, 1.807) is 12.0 Å². The number of ether oxygens (including phenoxy) is 2. The van der Waals surface area contributed by atoms with Crippen molar-refractivity contribution in [3.63, 3.8) is 0 Å². The number of carbonyl (C=O) groups excluding carboxylic acids is 1. The number of hydrogen-bond donors (Lipinski definition) is 7. The first-order valence-corrected chi connectivity index (χ1v) is 20.0. The highest BCUT2D eigenvalue weighted by atomic mass is 32.2. The fourth-order valence-corrected chi connectivity index (χ4v) is 10.2. The van der Waals surface area contributed by atoms with Gasteiger partial charge in [-0.15, -0.1) is 0 Å². The standard InChI is InChI=1S/C33H62N8O7S/c1-18-11-23(12-19(2)28(18)35-31-36-32(38-33(43)37-31)41-16-27(41)49(44,45)46)15-24-13-20(3)29(21(4)14-24)39-40-30(22(5)42)48-17-34-25-9-7-8-10-26(25)47-6/h18-21,23-38,43H,7-17H2,1-6H3,(H,44,45,46). The molecule has 0 bridgehead atoms. The van der Waals surface area contributed by atoms with Crippen molar-refractivity contribution in [2.75, 3.05) is 20.4 Å². The summed E-state index contributed by atoms with van der Waals surface area (Å²) >= 11 is 0. The lowest BCUT2D eigenvalue weighted by Crippen LogP contribution is -2.74. The molecule has 282 valence electrons. The number of nitrogens with zero attached hydrogens (tertiary/aromatic N) is 3. The predicted octanol–water partition coefficient (Wildman–Crippen LogP) is 2.11. The van der Waals surface area contributed by atoms with Gasteiger partial charge in [0.1, 0.15) is 19.3 Å². The average molecular weight is 715 g/mol. The molecule has 0 amide bonds. The van der Waals surface area contributed by atoms with Gasteiger partial charge in [-0.1, -0.05) is 40.5 Å². The molecule has 16 heteroatoms. The summed E-state index contributed by atoms with van der Waals surface area (Å²) < 4.78 is 43.9. The number of aliphatic hydroxyl groups excluding tert-OH is 1. The highest BCUT2D eigenvalue weighted by Gasteiger charge is 2.50. The second kappa shape index (κ2) is 17.1. The zero-order chi connectivity index (χ0) is 35.5. The van der Waals surface area contributed by atoms with Crippen LogP contribution in [-0.2, 0) is 24.4 Å².